The molecule has 1 saturated heterocycles. The molecule has 0 unspecified atom stereocenters. The van der Waals surface area contributed by atoms with E-state index in [4.69, 9.17) is 10.7 Å². The highest BCUT2D eigenvalue weighted by molar-refractivity contribution is 6.07. The third kappa shape index (κ3) is 4.86. The maximum Gasteiger partial charge on any atom is 0.150 e. The summed E-state index contributed by atoms with van der Waals surface area (Å²) in [5.41, 5.74) is 10.5. The molecule has 0 amide bonds. The van der Waals surface area contributed by atoms with Crippen LogP contribution in [0.4, 0.5) is 11.5 Å². The van der Waals surface area contributed by atoms with Gasteiger partial charge in [0.1, 0.15) is 22.7 Å². The van der Waals surface area contributed by atoms with Crippen molar-refractivity contribution in [3.8, 4) is 0 Å². The van der Waals surface area contributed by atoms with Gasteiger partial charge in [-0.05, 0) is 30.0 Å². The molecule has 2 aromatic heterocycles. The normalized spacial score (nSPS) is 15.5. The molecule has 0 bridgehead atoms. The van der Waals surface area contributed by atoms with Gasteiger partial charge in [0, 0.05) is 50.2 Å². The second kappa shape index (κ2) is 9.21. The molecule has 30 heavy (non-hydrogen) atoms. The van der Waals surface area contributed by atoms with Gasteiger partial charge < -0.3 is 15.6 Å². The molecule has 6 nitrogen and oxygen atoms in total. The van der Waals surface area contributed by atoms with Gasteiger partial charge >= 0.3 is 0 Å². The summed E-state index contributed by atoms with van der Waals surface area (Å²) in [5, 5.41) is 1.08. The second-order valence-corrected chi connectivity index (χ2v) is 9.18. The van der Waals surface area contributed by atoms with Crippen molar-refractivity contribution in [3.05, 3.63) is 24.0 Å². The standard InChI is InChI=1S/C22H32N6.C2H6/c1-5-6-18-25-19-16-13-15(7-8-17(16)24-21(23)20(19)26-18)28-11-9-27(10-12-28)14-22(2,3)4;1-2/h7-8,13H,5-6,9-12,14H2,1-4H3,(H2,23,24)(H,25,26);1-2H3. The van der Waals surface area contributed by atoms with Gasteiger partial charge in [-0.1, -0.05) is 41.5 Å². The quantitative estimate of drug-likeness (QED) is 0.644. The Morgan fingerprint density at radius 2 is 1.77 bits per heavy atom. The number of benzene rings is 1. The number of imidazole rings is 1. The lowest BCUT2D eigenvalue weighted by molar-refractivity contribution is 0.182. The zero-order valence-corrected chi connectivity index (χ0v) is 19.5. The number of nitrogen functional groups attached to an aromatic ring is 1. The number of piperazine rings is 1. The summed E-state index contributed by atoms with van der Waals surface area (Å²) in [5.74, 6) is 1.51. The SMILES string of the molecule is CC.CCCc1nc2c([nH]1)c(N)nc1ccc(N3CCN(CC(C)(C)C)CC3)cc12. The number of fused-ring (bicyclic) bond motifs is 3. The predicted molar refractivity (Wildman–Crippen MR) is 129 cm³/mol. The van der Waals surface area contributed by atoms with Crippen molar-refractivity contribution in [2.45, 2.75) is 54.4 Å². The summed E-state index contributed by atoms with van der Waals surface area (Å²) in [6.07, 6.45) is 1.97. The van der Waals surface area contributed by atoms with E-state index in [2.05, 4.69) is 65.7 Å². The zero-order valence-electron chi connectivity index (χ0n) is 19.5. The molecule has 0 radical (unpaired) electrons. The molecule has 0 aliphatic carbocycles. The van der Waals surface area contributed by atoms with Crippen LogP contribution in [0.1, 0.15) is 53.8 Å². The monoisotopic (exact) mass is 410 g/mol. The molecule has 1 fully saturated rings. The number of hydrogen-bond acceptors (Lipinski definition) is 5. The third-order valence-electron chi connectivity index (χ3n) is 5.41. The maximum absolute atomic E-state index is 6.18. The van der Waals surface area contributed by atoms with E-state index in [0.717, 1.165) is 73.3 Å². The number of H-pyrrole nitrogens is 1. The summed E-state index contributed by atoms with van der Waals surface area (Å²) >= 11 is 0. The summed E-state index contributed by atoms with van der Waals surface area (Å²) < 4.78 is 0. The minimum Gasteiger partial charge on any atom is -0.382 e. The van der Waals surface area contributed by atoms with E-state index in [9.17, 15) is 0 Å². The van der Waals surface area contributed by atoms with Gasteiger partial charge in [-0.2, -0.15) is 0 Å². The fourth-order valence-electron chi connectivity index (χ4n) is 4.19. The van der Waals surface area contributed by atoms with Gasteiger partial charge in [-0.25, -0.2) is 9.97 Å². The van der Waals surface area contributed by atoms with Crippen molar-refractivity contribution in [3.63, 3.8) is 0 Å². The van der Waals surface area contributed by atoms with Gasteiger partial charge in [-0.3, -0.25) is 4.90 Å². The first-order valence-electron chi connectivity index (χ1n) is 11.4. The Hall–Kier alpha value is -2.34. The van der Waals surface area contributed by atoms with Crippen LogP contribution in [-0.4, -0.2) is 52.6 Å². The van der Waals surface area contributed by atoms with Crippen LogP contribution in [0.3, 0.4) is 0 Å². The van der Waals surface area contributed by atoms with Crippen LogP contribution in [0.2, 0.25) is 0 Å². The summed E-state index contributed by atoms with van der Waals surface area (Å²) in [6, 6.07) is 6.48. The number of nitrogens with one attached hydrogen (secondary N) is 1. The highest BCUT2D eigenvalue weighted by atomic mass is 15.3. The molecule has 1 aliphatic heterocycles. The fraction of sp³-hybridized carbons (Fsp3) is 0.583. The van der Waals surface area contributed by atoms with E-state index in [1.807, 2.05) is 13.8 Å². The molecule has 0 atom stereocenters. The van der Waals surface area contributed by atoms with Crippen LogP contribution in [-0.2, 0) is 6.42 Å². The molecule has 3 N–H and O–H groups in total. The highest BCUT2D eigenvalue weighted by Crippen LogP contribution is 2.30. The Balaban J connectivity index is 0.00000124. The number of hydrogen-bond donors (Lipinski definition) is 2. The van der Waals surface area contributed by atoms with Crippen molar-refractivity contribution < 1.29 is 0 Å². The lowest BCUT2D eigenvalue weighted by atomic mass is 9.96. The van der Waals surface area contributed by atoms with Crippen LogP contribution in [0.25, 0.3) is 21.9 Å². The van der Waals surface area contributed by atoms with Crippen molar-refractivity contribution in [1.82, 2.24) is 19.9 Å². The van der Waals surface area contributed by atoms with Crippen molar-refractivity contribution >= 4 is 33.4 Å². The summed E-state index contributed by atoms with van der Waals surface area (Å²) in [7, 11) is 0. The average Bonchev–Trinajstić information content (AvgIpc) is 3.14. The molecule has 6 heteroatoms. The fourth-order valence-corrected chi connectivity index (χ4v) is 4.19. The van der Waals surface area contributed by atoms with Crippen LogP contribution in [0.15, 0.2) is 18.2 Å². The van der Waals surface area contributed by atoms with E-state index in [0.29, 0.717) is 11.2 Å². The molecule has 0 spiro atoms. The number of nitrogens with zero attached hydrogens (tertiary/aromatic N) is 4. The van der Waals surface area contributed by atoms with Crippen LogP contribution in [0, 0.1) is 5.41 Å². The van der Waals surface area contributed by atoms with E-state index < -0.39 is 0 Å². The van der Waals surface area contributed by atoms with Crippen LogP contribution >= 0.6 is 0 Å². The van der Waals surface area contributed by atoms with E-state index >= 15 is 0 Å². The minimum atomic E-state index is 0.346. The Morgan fingerprint density at radius 1 is 1.07 bits per heavy atom. The van der Waals surface area contributed by atoms with Gasteiger partial charge in [0.2, 0.25) is 0 Å². The van der Waals surface area contributed by atoms with Crippen molar-refractivity contribution in [1.29, 1.82) is 0 Å². The zero-order chi connectivity index (χ0) is 21.9. The highest BCUT2D eigenvalue weighted by Gasteiger charge is 2.22. The number of rotatable bonds is 4. The Kier molecular flexibility index (Phi) is 6.86. The van der Waals surface area contributed by atoms with Crippen LogP contribution < -0.4 is 10.6 Å². The first kappa shape index (κ1) is 22.3. The topological polar surface area (TPSA) is 74.1 Å². The summed E-state index contributed by atoms with van der Waals surface area (Å²) in [6.45, 7) is 18.5. The molecular weight excluding hydrogens is 372 g/mol. The Labute approximate surface area is 180 Å². The van der Waals surface area contributed by atoms with Gasteiger partial charge in [0.25, 0.3) is 0 Å². The first-order chi connectivity index (χ1) is 14.3. The molecule has 1 aliphatic rings. The number of aryl methyl sites for hydroxylation is 1. The number of aromatic nitrogens is 3. The molecule has 3 heterocycles. The second-order valence-electron chi connectivity index (χ2n) is 9.18. The molecule has 1 aromatic carbocycles. The smallest absolute Gasteiger partial charge is 0.150 e. The van der Waals surface area contributed by atoms with E-state index in [-0.39, 0.29) is 0 Å². The molecular formula is C24H38N6. The van der Waals surface area contributed by atoms with Crippen molar-refractivity contribution in [2.24, 2.45) is 5.41 Å². The Bertz CT molecular complexity index is 977. The van der Waals surface area contributed by atoms with Gasteiger partial charge in [0.05, 0.1) is 5.52 Å². The number of anilines is 2. The third-order valence-corrected chi connectivity index (χ3v) is 5.41. The molecule has 164 valence electrons. The van der Waals surface area contributed by atoms with E-state index in [1.54, 1.807) is 0 Å². The lowest BCUT2D eigenvalue weighted by Gasteiger charge is -2.38. The number of nitrogens with two attached hydrogens (primary N) is 1. The minimum absolute atomic E-state index is 0.346. The largest absolute Gasteiger partial charge is 0.382 e. The molecule has 3 aromatic rings. The summed E-state index contributed by atoms with van der Waals surface area (Å²) in [4.78, 5) is 17.8. The predicted octanol–water partition coefficient (Wildman–Crippen LogP) is 4.84. The molecule has 4 rings (SSSR count). The van der Waals surface area contributed by atoms with Gasteiger partial charge in [0.15, 0.2) is 0 Å². The maximum atomic E-state index is 6.18. The van der Waals surface area contributed by atoms with Gasteiger partial charge in [-0.15, -0.1) is 0 Å². The van der Waals surface area contributed by atoms with Crippen LogP contribution in [0.5, 0.6) is 0 Å². The first-order valence-corrected chi connectivity index (χ1v) is 11.4. The Morgan fingerprint density at radius 3 is 2.40 bits per heavy atom. The number of aromatic amines is 1. The van der Waals surface area contributed by atoms with E-state index in [1.165, 1.54) is 5.69 Å². The molecule has 0 saturated carbocycles. The lowest BCUT2D eigenvalue weighted by Crippen LogP contribution is -2.48. The van der Waals surface area contributed by atoms with Crippen molar-refractivity contribution in [2.75, 3.05) is 43.4 Å². The number of pyridine rings is 1. The average molecular weight is 411 g/mol.